The van der Waals surface area contributed by atoms with E-state index in [1.165, 1.54) is 18.6 Å². The molecule has 0 saturated heterocycles. The number of rotatable bonds is 9. The van der Waals surface area contributed by atoms with Gasteiger partial charge < -0.3 is 10.1 Å². The Balaban J connectivity index is 2.28. The van der Waals surface area contributed by atoms with E-state index in [0.29, 0.717) is 0 Å². The molecule has 1 aromatic rings. The summed E-state index contributed by atoms with van der Waals surface area (Å²) in [7, 11) is 1.44. The van der Waals surface area contributed by atoms with Gasteiger partial charge in [-0.25, -0.2) is 4.98 Å². The molecule has 20 heavy (non-hydrogen) atoms. The van der Waals surface area contributed by atoms with E-state index in [0.717, 1.165) is 41.7 Å². The first kappa shape index (κ1) is 17.4. The summed E-state index contributed by atoms with van der Waals surface area (Å²) in [5, 5.41) is 3.22. The number of thioether (sulfide) groups is 1. The molecular weight excluding hydrogens is 294 g/mol. The minimum atomic E-state index is -0.576. The number of hydrogen-bond acceptors (Lipinski definition) is 7. The highest BCUT2D eigenvalue weighted by Crippen LogP contribution is 2.23. The van der Waals surface area contributed by atoms with Crippen molar-refractivity contribution in [3.8, 4) is 0 Å². The van der Waals surface area contributed by atoms with Crippen LogP contribution in [-0.4, -0.2) is 40.3 Å². The standard InChI is InChI=1S/C13H23N3O2S2/c1-5-14-13(3,11(17)18-4)8-6-7-9-19-12-15-10(2)16-20-12/h14H,5-9H2,1-4H3. The first-order chi connectivity index (χ1) is 9.51. The minimum absolute atomic E-state index is 0.188. The van der Waals surface area contributed by atoms with Crippen LogP contribution in [0.4, 0.5) is 0 Å². The van der Waals surface area contributed by atoms with Crippen molar-refractivity contribution >= 4 is 29.3 Å². The van der Waals surface area contributed by atoms with Gasteiger partial charge in [0.05, 0.1) is 7.11 Å². The van der Waals surface area contributed by atoms with E-state index in [1.807, 2.05) is 20.8 Å². The Morgan fingerprint density at radius 3 is 2.80 bits per heavy atom. The molecule has 0 amide bonds. The smallest absolute Gasteiger partial charge is 0.325 e. The van der Waals surface area contributed by atoms with Crippen molar-refractivity contribution in [1.29, 1.82) is 0 Å². The van der Waals surface area contributed by atoms with E-state index < -0.39 is 5.54 Å². The number of unbranched alkanes of at least 4 members (excludes halogenated alkanes) is 1. The zero-order valence-corrected chi connectivity index (χ0v) is 14.2. The summed E-state index contributed by atoms with van der Waals surface area (Å²) in [6, 6.07) is 0. The topological polar surface area (TPSA) is 64.1 Å². The van der Waals surface area contributed by atoms with Gasteiger partial charge in [-0.15, -0.1) is 0 Å². The van der Waals surface area contributed by atoms with Crippen molar-refractivity contribution in [3.63, 3.8) is 0 Å². The molecule has 1 atom stereocenters. The molecule has 0 bridgehead atoms. The van der Waals surface area contributed by atoms with Crippen molar-refractivity contribution in [2.24, 2.45) is 0 Å². The number of likely N-dealkylation sites (N-methyl/N-ethyl adjacent to an activating group) is 1. The molecule has 1 unspecified atom stereocenters. The number of aromatic nitrogens is 2. The van der Waals surface area contributed by atoms with Crippen LogP contribution in [0.3, 0.4) is 0 Å². The first-order valence-corrected chi connectivity index (χ1v) is 8.54. The lowest BCUT2D eigenvalue weighted by Gasteiger charge is -2.27. The van der Waals surface area contributed by atoms with Gasteiger partial charge in [0, 0.05) is 5.75 Å². The molecule has 1 N–H and O–H groups in total. The Labute approximate surface area is 129 Å². The molecule has 0 aliphatic heterocycles. The second-order valence-electron chi connectivity index (χ2n) is 4.77. The average molecular weight is 317 g/mol. The second-order valence-corrected chi connectivity index (χ2v) is 6.86. The summed E-state index contributed by atoms with van der Waals surface area (Å²) in [5.74, 6) is 1.65. The predicted molar refractivity (Wildman–Crippen MR) is 83.3 cm³/mol. The molecule has 0 aliphatic rings. The highest BCUT2D eigenvalue weighted by Gasteiger charge is 2.32. The van der Waals surface area contributed by atoms with Crippen LogP contribution in [-0.2, 0) is 9.53 Å². The lowest BCUT2D eigenvalue weighted by atomic mass is 9.95. The van der Waals surface area contributed by atoms with Gasteiger partial charge in [0.1, 0.15) is 11.4 Å². The number of hydrogen-bond donors (Lipinski definition) is 1. The van der Waals surface area contributed by atoms with Gasteiger partial charge in [-0.2, -0.15) is 4.37 Å². The molecule has 0 spiro atoms. The minimum Gasteiger partial charge on any atom is -0.468 e. The average Bonchev–Trinajstić information content (AvgIpc) is 2.83. The van der Waals surface area contributed by atoms with Gasteiger partial charge in [-0.3, -0.25) is 4.79 Å². The zero-order chi connectivity index (χ0) is 15.0. The Bertz CT molecular complexity index is 426. The Morgan fingerprint density at radius 1 is 1.50 bits per heavy atom. The number of nitrogens with zero attached hydrogens (tertiary/aromatic N) is 2. The fourth-order valence-corrected chi connectivity index (χ4v) is 3.67. The molecule has 114 valence electrons. The van der Waals surface area contributed by atoms with Crippen molar-refractivity contribution in [2.45, 2.75) is 49.9 Å². The van der Waals surface area contributed by atoms with Gasteiger partial charge in [0.2, 0.25) is 0 Å². The van der Waals surface area contributed by atoms with Crippen LogP contribution < -0.4 is 5.32 Å². The fourth-order valence-electron chi connectivity index (χ4n) is 1.95. The molecule has 1 heterocycles. The van der Waals surface area contributed by atoms with Crippen molar-refractivity contribution in [1.82, 2.24) is 14.7 Å². The summed E-state index contributed by atoms with van der Waals surface area (Å²) in [5.41, 5.74) is -0.576. The molecular formula is C13H23N3O2S2. The fraction of sp³-hybridized carbons (Fsp3) is 0.769. The van der Waals surface area contributed by atoms with E-state index >= 15 is 0 Å². The SMILES string of the molecule is CCNC(C)(CCCCSc1nc(C)ns1)C(=O)OC. The molecule has 0 fully saturated rings. The van der Waals surface area contributed by atoms with Crippen molar-refractivity contribution in [2.75, 3.05) is 19.4 Å². The van der Waals surface area contributed by atoms with Crippen LogP contribution >= 0.6 is 23.3 Å². The normalized spacial score (nSPS) is 14.0. The third-order valence-corrected chi connectivity index (χ3v) is 5.02. The summed E-state index contributed by atoms with van der Waals surface area (Å²) in [6.45, 7) is 6.56. The van der Waals surface area contributed by atoms with Gasteiger partial charge >= 0.3 is 5.97 Å². The summed E-state index contributed by atoms with van der Waals surface area (Å²) in [4.78, 5) is 16.1. The first-order valence-electron chi connectivity index (χ1n) is 6.78. The number of esters is 1. The number of carbonyl (C=O) groups is 1. The molecule has 0 radical (unpaired) electrons. The maximum Gasteiger partial charge on any atom is 0.325 e. The Kier molecular flexibility index (Phi) is 7.47. The lowest BCUT2D eigenvalue weighted by molar-refractivity contribution is -0.148. The zero-order valence-electron chi connectivity index (χ0n) is 12.6. The number of nitrogens with one attached hydrogen (secondary N) is 1. The summed E-state index contributed by atoms with van der Waals surface area (Å²) in [6.07, 6.45) is 2.80. The Morgan fingerprint density at radius 2 is 2.25 bits per heavy atom. The Hall–Kier alpha value is -0.660. The molecule has 1 aromatic heterocycles. The van der Waals surface area contributed by atoms with Gasteiger partial charge in [0.15, 0.2) is 4.34 Å². The molecule has 5 nitrogen and oxygen atoms in total. The van der Waals surface area contributed by atoms with E-state index in [4.69, 9.17) is 4.74 Å². The highest BCUT2D eigenvalue weighted by atomic mass is 32.2. The number of ether oxygens (including phenoxy) is 1. The number of carbonyl (C=O) groups excluding carboxylic acids is 1. The third-order valence-electron chi connectivity index (χ3n) is 3.01. The third kappa shape index (κ3) is 5.38. The lowest BCUT2D eigenvalue weighted by Crippen LogP contribution is -2.50. The van der Waals surface area contributed by atoms with Gasteiger partial charge in [-0.05, 0) is 44.8 Å². The van der Waals surface area contributed by atoms with Gasteiger partial charge in [0.25, 0.3) is 0 Å². The second kappa shape index (κ2) is 8.59. The molecule has 1 rings (SSSR count). The van der Waals surface area contributed by atoms with Gasteiger partial charge in [-0.1, -0.05) is 25.1 Å². The van der Waals surface area contributed by atoms with E-state index in [-0.39, 0.29) is 5.97 Å². The molecule has 7 heteroatoms. The van der Waals surface area contributed by atoms with E-state index in [9.17, 15) is 4.79 Å². The van der Waals surface area contributed by atoms with Crippen LogP contribution in [0.15, 0.2) is 4.34 Å². The maximum atomic E-state index is 11.8. The summed E-state index contributed by atoms with van der Waals surface area (Å²) >= 11 is 3.17. The van der Waals surface area contributed by atoms with E-state index in [2.05, 4.69) is 14.7 Å². The maximum absolute atomic E-state index is 11.8. The van der Waals surface area contributed by atoms with Crippen LogP contribution in [0.1, 0.15) is 38.9 Å². The molecule has 0 aliphatic carbocycles. The molecule has 0 aromatic carbocycles. The van der Waals surface area contributed by atoms with Crippen molar-refractivity contribution in [3.05, 3.63) is 5.82 Å². The van der Waals surface area contributed by atoms with Crippen molar-refractivity contribution < 1.29 is 9.53 Å². The predicted octanol–water partition coefficient (Wildman–Crippen LogP) is 2.65. The van der Waals surface area contributed by atoms with Crippen LogP contribution in [0.25, 0.3) is 0 Å². The highest BCUT2D eigenvalue weighted by molar-refractivity contribution is 8.00. The molecule has 0 saturated carbocycles. The summed E-state index contributed by atoms with van der Waals surface area (Å²) < 4.78 is 10.0. The number of methoxy groups -OCH3 is 1. The van der Waals surface area contributed by atoms with Crippen LogP contribution in [0.5, 0.6) is 0 Å². The number of aryl methyl sites for hydroxylation is 1. The largest absolute Gasteiger partial charge is 0.468 e. The van der Waals surface area contributed by atoms with Crippen LogP contribution in [0, 0.1) is 6.92 Å². The quantitative estimate of drug-likeness (QED) is 0.429. The monoisotopic (exact) mass is 317 g/mol. The van der Waals surface area contributed by atoms with E-state index in [1.54, 1.807) is 11.8 Å². The van der Waals surface area contributed by atoms with Crippen LogP contribution in [0.2, 0.25) is 0 Å².